The summed E-state index contributed by atoms with van der Waals surface area (Å²) in [5.74, 6) is -4.13. The number of rotatable bonds is 31. The molecule has 0 bridgehead atoms. The maximum absolute atomic E-state index is 14.9. The monoisotopic (exact) mass is 1410 g/mol. The van der Waals surface area contributed by atoms with E-state index in [2.05, 4.69) is 0 Å². The molecule has 21 heteroatoms. The Morgan fingerprint density at radius 3 is 0.817 bits per heavy atom. The largest absolute Gasteiger partial charge is 0.463 e. The molecule has 0 radical (unpaired) electrons. The molecule has 0 saturated carbocycles. The molecule has 0 aliphatic carbocycles. The minimum Gasteiger partial charge on any atom is -0.463 e. The number of hydrogen-bond donors (Lipinski definition) is 1. The highest BCUT2D eigenvalue weighted by Crippen LogP contribution is 2.37. The molecule has 9 aromatic rings. The topological polar surface area (TPSA) is 244 Å². The summed E-state index contributed by atoms with van der Waals surface area (Å²) in [6.07, 6.45) is -21.9. The average Bonchev–Trinajstić information content (AvgIpc) is 0.778. The van der Waals surface area contributed by atoms with E-state index in [0.29, 0.717) is 11.1 Å². The molecule has 12 rings (SSSR count). The zero-order chi connectivity index (χ0) is 71.8. The van der Waals surface area contributed by atoms with Crippen LogP contribution in [0.3, 0.4) is 0 Å². The van der Waals surface area contributed by atoms with Crippen molar-refractivity contribution >= 4 is 29.8 Å². The van der Waals surface area contributed by atoms with Crippen LogP contribution in [-0.2, 0) is 109 Å². The highest BCUT2D eigenvalue weighted by molar-refractivity contribution is 5.91. The highest BCUT2D eigenvalue weighted by Gasteiger charge is 2.57. The van der Waals surface area contributed by atoms with E-state index in [1.54, 1.807) is 109 Å². The van der Waals surface area contributed by atoms with Gasteiger partial charge in [-0.05, 0) is 76.3 Å². The van der Waals surface area contributed by atoms with Crippen LogP contribution in [0.15, 0.2) is 273 Å². The van der Waals surface area contributed by atoms with Crippen molar-refractivity contribution in [3.8, 4) is 0 Å². The lowest BCUT2D eigenvalue weighted by molar-refractivity contribution is -0.348. The first kappa shape index (κ1) is 73.6. The number of hydrogen-bond acceptors (Lipinski definition) is 21. The molecule has 0 spiro atoms. The molecule has 3 aliphatic heterocycles. The molecule has 104 heavy (non-hydrogen) atoms. The van der Waals surface area contributed by atoms with E-state index >= 15 is 0 Å². The van der Waals surface area contributed by atoms with Crippen LogP contribution in [-0.4, -0.2) is 147 Å². The summed E-state index contributed by atoms with van der Waals surface area (Å²) in [6, 6.07) is 79.0. The Hall–Kier alpha value is -10.1. The van der Waals surface area contributed by atoms with Gasteiger partial charge in [0.25, 0.3) is 0 Å². The van der Waals surface area contributed by atoms with Gasteiger partial charge in [0.05, 0.1) is 68.5 Å². The molecule has 0 aromatic heterocycles. The van der Waals surface area contributed by atoms with E-state index in [0.717, 1.165) is 16.7 Å². The van der Waals surface area contributed by atoms with E-state index in [9.17, 15) is 29.1 Å². The number of aliphatic hydroxyl groups is 1. The molecule has 3 heterocycles. The first-order valence-corrected chi connectivity index (χ1v) is 34.3. The molecule has 1 N–H and O–H groups in total. The molecular weight excluding hydrogens is 1330 g/mol. The third-order valence-corrected chi connectivity index (χ3v) is 17.5. The van der Waals surface area contributed by atoms with Crippen molar-refractivity contribution in [2.75, 3.05) is 19.8 Å². The first-order chi connectivity index (χ1) is 51.0. The van der Waals surface area contributed by atoms with Crippen LogP contribution in [0.4, 0.5) is 0 Å². The van der Waals surface area contributed by atoms with Crippen molar-refractivity contribution in [1.29, 1.82) is 0 Å². The lowest BCUT2D eigenvalue weighted by Gasteiger charge is -2.47. The molecule has 0 amide bonds. The lowest BCUT2D eigenvalue weighted by Crippen LogP contribution is -2.65. The summed E-state index contributed by atoms with van der Waals surface area (Å²) in [5, 5.41) is 12.3. The lowest BCUT2D eigenvalue weighted by atomic mass is 9.96. The van der Waals surface area contributed by atoms with Gasteiger partial charge in [0.2, 0.25) is 0 Å². The Bertz CT molecular complexity index is 4100. The Morgan fingerprint density at radius 2 is 0.519 bits per heavy atom. The normalized spacial score (nSPS) is 24.4. The minimum absolute atomic E-state index is 0.0332. The average molecular weight is 1410 g/mol. The number of carbonyl (C=O) groups excluding carboxylic acids is 5. The van der Waals surface area contributed by atoms with Crippen LogP contribution in [0.5, 0.6) is 0 Å². The van der Waals surface area contributed by atoms with Crippen molar-refractivity contribution in [2.24, 2.45) is 0 Å². The van der Waals surface area contributed by atoms with E-state index in [1.807, 2.05) is 152 Å². The number of carbonyl (C=O) groups is 5. The molecule has 3 aliphatic rings. The maximum Gasteiger partial charge on any atom is 0.338 e. The zero-order valence-electron chi connectivity index (χ0n) is 56.9. The van der Waals surface area contributed by atoms with Crippen LogP contribution in [0, 0.1) is 0 Å². The highest BCUT2D eigenvalue weighted by atomic mass is 16.8. The van der Waals surface area contributed by atoms with Gasteiger partial charge in [-0.15, -0.1) is 0 Å². The van der Waals surface area contributed by atoms with Crippen LogP contribution < -0.4 is 0 Å². The number of ether oxygens (including phenoxy) is 15. The van der Waals surface area contributed by atoms with E-state index in [4.69, 9.17) is 71.1 Å². The fourth-order valence-electron chi connectivity index (χ4n) is 12.3. The van der Waals surface area contributed by atoms with Gasteiger partial charge in [0, 0.05) is 6.92 Å². The number of esters is 5. The fourth-order valence-corrected chi connectivity index (χ4v) is 12.3. The molecule has 3 fully saturated rings. The SMILES string of the molecule is CC(=O)OC[C@H]1O[C@@H](OC[C@H]2O[C@@H](OC[C@H]3O[C@H](O)[C@H](OCc4ccccc4)[C@@H](OCc4ccccc4)[C@@H]3OCc3ccccc3)[C@H](OC(=O)c3ccccc3)[C@@H](OC(=O)c3ccccc3)[C@@H]2OCc2ccccc2)[C@H](OC(=O)c2ccccc2)[C@@H](OC(=O)c2ccccc2)[C@@H]1OCc1ccccc1. The molecule has 15 atom stereocenters. The summed E-state index contributed by atoms with van der Waals surface area (Å²) in [4.78, 5) is 71.8. The van der Waals surface area contributed by atoms with Crippen LogP contribution in [0.2, 0.25) is 0 Å². The van der Waals surface area contributed by atoms with Gasteiger partial charge >= 0.3 is 29.8 Å². The van der Waals surface area contributed by atoms with E-state index < -0.39 is 142 Å². The minimum atomic E-state index is -1.77. The Labute approximate surface area is 602 Å². The zero-order valence-corrected chi connectivity index (χ0v) is 56.9. The van der Waals surface area contributed by atoms with Gasteiger partial charge in [-0.2, -0.15) is 0 Å². The summed E-state index contributed by atoms with van der Waals surface area (Å²) in [5.41, 5.74) is 4.28. The van der Waals surface area contributed by atoms with E-state index in [1.165, 1.54) is 19.1 Å². The smallest absolute Gasteiger partial charge is 0.338 e. The van der Waals surface area contributed by atoms with Crippen molar-refractivity contribution in [3.05, 3.63) is 323 Å². The van der Waals surface area contributed by atoms with Crippen LogP contribution in [0.25, 0.3) is 0 Å². The van der Waals surface area contributed by atoms with E-state index in [-0.39, 0.29) is 55.3 Å². The molecular formula is C83H80O21. The van der Waals surface area contributed by atoms with Crippen LogP contribution in [0.1, 0.15) is 76.2 Å². The van der Waals surface area contributed by atoms with Crippen molar-refractivity contribution < 1.29 is 100 Å². The van der Waals surface area contributed by atoms with Crippen molar-refractivity contribution in [1.82, 2.24) is 0 Å². The fraction of sp³-hybridized carbons (Fsp3) is 0.289. The van der Waals surface area contributed by atoms with Gasteiger partial charge in [0.15, 0.2) is 43.3 Å². The third kappa shape index (κ3) is 20.2. The van der Waals surface area contributed by atoms with Crippen molar-refractivity contribution in [3.63, 3.8) is 0 Å². The quantitative estimate of drug-likeness (QED) is 0.0313. The molecule has 0 unspecified atom stereocenters. The Balaban J connectivity index is 0.949. The molecule has 3 saturated heterocycles. The summed E-state index contributed by atoms with van der Waals surface area (Å²) >= 11 is 0. The van der Waals surface area contributed by atoms with Gasteiger partial charge in [-0.3, -0.25) is 4.79 Å². The summed E-state index contributed by atoms with van der Waals surface area (Å²) in [6.45, 7) is -0.479. The van der Waals surface area contributed by atoms with Gasteiger partial charge in [0.1, 0.15) is 55.4 Å². The molecule has 9 aromatic carbocycles. The van der Waals surface area contributed by atoms with Crippen molar-refractivity contribution in [2.45, 2.75) is 132 Å². The second kappa shape index (κ2) is 37.4. The van der Waals surface area contributed by atoms with Gasteiger partial charge in [-0.1, -0.05) is 224 Å². The third-order valence-electron chi connectivity index (χ3n) is 17.5. The first-order valence-electron chi connectivity index (χ1n) is 34.3. The summed E-state index contributed by atoms with van der Waals surface area (Å²) < 4.78 is 99.9. The Kier molecular flexibility index (Phi) is 26.5. The standard InChI is InChI=1S/C83H80O21/c1-55(84)90-52-66-69(92-48-57-31-13-3-14-32-57)72(101-77(85)61-39-21-7-22-40-61)75(103-79(87)63-43-25-9-26-44-63)83(99-66)97-54-67-70(93-49-58-33-15-4-16-34-58)73(102-78(86)62-41-23-8-24-42-62)76(104-80(88)64-45-27-10-28-46-64)82(100-67)96-53-65-68(91-47-56-29-11-2-12-30-56)71(94-50-59-35-17-5-18-36-59)74(81(89)98-65)95-51-60-37-19-6-20-38-60/h2-46,65-76,81-83,89H,47-54H2,1H3/t65-,66-,67-,68-,69-,70-,71+,72+,73+,74-,75-,76-,81+,82-,83-/m1/s1. The van der Waals surface area contributed by atoms with Gasteiger partial charge < -0.3 is 76.2 Å². The number of benzene rings is 9. The molecule has 21 nitrogen and oxygen atoms in total. The maximum atomic E-state index is 14.9. The Morgan fingerprint density at radius 1 is 0.279 bits per heavy atom. The second-order valence-electron chi connectivity index (χ2n) is 24.9. The molecule has 538 valence electrons. The second-order valence-corrected chi connectivity index (χ2v) is 24.9. The number of aliphatic hydroxyl groups excluding tert-OH is 1. The van der Waals surface area contributed by atoms with Crippen LogP contribution >= 0.6 is 0 Å². The van der Waals surface area contributed by atoms with Gasteiger partial charge in [-0.25, -0.2) is 19.2 Å². The predicted octanol–water partition coefficient (Wildman–Crippen LogP) is 11.6. The predicted molar refractivity (Wildman–Crippen MR) is 374 cm³/mol. The summed E-state index contributed by atoms with van der Waals surface area (Å²) in [7, 11) is 0.